The third kappa shape index (κ3) is 3.63. The topological polar surface area (TPSA) is 18.5 Å². The van der Waals surface area contributed by atoms with E-state index in [1.165, 1.54) is 19.6 Å². The summed E-state index contributed by atoms with van der Waals surface area (Å²) in [5.41, 5.74) is 0. The lowest BCUT2D eigenvalue weighted by atomic mass is 10.2. The summed E-state index contributed by atoms with van der Waals surface area (Å²) in [4.78, 5) is 4.86. The number of piperazine rings is 1. The molecule has 0 aromatic rings. The second kappa shape index (κ2) is 4.94. The molecule has 0 spiro atoms. The molecule has 0 aromatic heterocycles. The minimum absolute atomic E-state index is 0.598. The van der Waals surface area contributed by atoms with Crippen molar-refractivity contribution in [3.8, 4) is 0 Å². The molecule has 1 aliphatic heterocycles. The molecule has 0 bridgehead atoms. The lowest BCUT2D eigenvalue weighted by molar-refractivity contribution is 0.112. The molecule has 1 aliphatic rings. The lowest BCUT2D eigenvalue weighted by Crippen LogP contribution is -2.54. The van der Waals surface area contributed by atoms with Crippen molar-refractivity contribution in [1.29, 1.82) is 0 Å². The van der Waals surface area contributed by atoms with Gasteiger partial charge >= 0.3 is 0 Å². The number of likely N-dealkylation sites (N-methyl/N-ethyl adjacent to an activating group) is 2. The summed E-state index contributed by atoms with van der Waals surface area (Å²) in [6, 6.07) is 1.28. The Labute approximate surface area is 82.1 Å². The number of nitrogens with zero attached hydrogens (tertiary/aromatic N) is 2. The summed E-state index contributed by atoms with van der Waals surface area (Å²) in [5.74, 6) is 0. The molecule has 1 fully saturated rings. The van der Waals surface area contributed by atoms with Crippen LogP contribution in [0.5, 0.6) is 0 Å². The largest absolute Gasteiger partial charge is 0.313 e. The van der Waals surface area contributed by atoms with Crippen LogP contribution in [-0.4, -0.2) is 62.2 Å². The summed E-state index contributed by atoms with van der Waals surface area (Å²) >= 11 is 0. The summed E-state index contributed by atoms with van der Waals surface area (Å²) in [7, 11) is 4.43. The van der Waals surface area contributed by atoms with E-state index in [2.05, 4.69) is 43.1 Å². The molecule has 1 saturated heterocycles. The molecule has 1 unspecified atom stereocenters. The average molecular weight is 185 g/mol. The van der Waals surface area contributed by atoms with Gasteiger partial charge in [-0.15, -0.1) is 0 Å². The van der Waals surface area contributed by atoms with Gasteiger partial charge in [-0.1, -0.05) is 13.8 Å². The van der Waals surface area contributed by atoms with Crippen LogP contribution >= 0.6 is 0 Å². The Morgan fingerprint density at radius 2 is 2.00 bits per heavy atom. The van der Waals surface area contributed by atoms with Gasteiger partial charge in [-0.25, -0.2) is 0 Å². The van der Waals surface area contributed by atoms with Crippen LogP contribution in [-0.2, 0) is 0 Å². The van der Waals surface area contributed by atoms with Crippen LogP contribution < -0.4 is 5.32 Å². The zero-order valence-corrected chi connectivity index (χ0v) is 9.38. The quantitative estimate of drug-likeness (QED) is 0.679. The van der Waals surface area contributed by atoms with Gasteiger partial charge in [0.1, 0.15) is 0 Å². The van der Waals surface area contributed by atoms with Gasteiger partial charge in [0, 0.05) is 38.3 Å². The van der Waals surface area contributed by atoms with Gasteiger partial charge in [0.15, 0.2) is 0 Å². The molecule has 78 valence electrons. The van der Waals surface area contributed by atoms with Crippen molar-refractivity contribution in [2.45, 2.75) is 25.9 Å². The van der Waals surface area contributed by atoms with Crippen molar-refractivity contribution < 1.29 is 0 Å². The second-order valence-corrected chi connectivity index (χ2v) is 4.46. The van der Waals surface area contributed by atoms with E-state index in [9.17, 15) is 0 Å². The van der Waals surface area contributed by atoms with Crippen molar-refractivity contribution in [3.63, 3.8) is 0 Å². The molecular weight excluding hydrogens is 162 g/mol. The first-order valence-corrected chi connectivity index (χ1v) is 5.21. The Balaban J connectivity index is 2.29. The second-order valence-electron chi connectivity index (χ2n) is 4.46. The third-order valence-corrected chi connectivity index (χ3v) is 2.74. The molecule has 1 heterocycles. The fourth-order valence-electron chi connectivity index (χ4n) is 1.69. The molecule has 13 heavy (non-hydrogen) atoms. The molecule has 1 atom stereocenters. The maximum absolute atomic E-state index is 3.50. The Hall–Kier alpha value is -0.120. The first kappa shape index (κ1) is 11.0. The highest BCUT2D eigenvalue weighted by Crippen LogP contribution is 2.04. The number of rotatable bonds is 3. The van der Waals surface area contributed by atoms with Crippen LogP contribution in [0.3, 0.4) is 0 Å². The zero-order valence-electron chi connectivity index (χ0n) is 9.38. The Kier molecular flexibility index (Phi) is 4.16. The van der Waals surface area contributed by atoms with Crippen LogP contribution in [0.25, 0.3) is 0 Å². The summed E-state index contributed by atoms with van der Waals surface area (Å²) in [5, 5.41) is 3.50. The maximum Gasteiger partial charge on any atom is 0.0345 e. The van der Waals surface area contributed by atoms with E-state index in [-0.39, 0.29) is 0 Å². The van der Waals surface area contributed by atoms with Crippen LogP contribution in [0.4, 0.5) is 0 Å². The van der Waals surface area contributed by atoms with E-state index in [1.807, 2.05) is 0 Å². The average Bonchev–Trinajstić information content (AvgIpc) is 2.06. The van der Waals surface area contributed by atoms with Crippen molar-refractivity contribution in [3.05, 3.63) is 0 Å². The fourth-order valence-corrected chi connectivity index (χ4v) is 1.69. The highest BCUT2D eigenvalue weighted by atomic mass is 15.3. The van der Waals surface area contributed by atoms with E-state index in [4.69, 9.17) is 0 Å². The van der Waals surface area contributed by atoms with Crippen LogP contribution in [0, 0.1) is 0 Å². The lowest BCUT2D eigenvalue weighted by Gasteiger charge is -2.38. The summed E-state index contributed by atoms with van der Waals surface area (Å²) in [6.07, 6.45) is 0. The molecule has 0 aromatic carbocycles. The maximum atomic E-state index is 3.50. The predicted molar refractivity (Wildman–Crippen MR) is 57.1 cm³/mol. The first-order chi connectivity index (χ1) is 6.09. The van der Waals surface area contributed by atoms with Crippen LogP contribution in [0.15, 0.2) is 0 Å². The monoisotopic (exact) mass is 185 g/mol. The fraction of sp³-hybridized carbons (Fsp3) is 1.00. The SMILES string of the molecule is CC(C)NCC1CN(C)CCN1C. The molecule has 0 radical (unpaired) electrons. The van der Waals surface area contributed by atoms with Crippen molar-refractivity contribution in [2.24, 2.45) is 0 Å². The highest BCUT2D eigenvalue weighted by molar-refractivity contribution is 4.80. The van der Waals surface area contributed by atoms with Gasteiger partial charge in [0.25, 0.3) is 0 Å². The molecule has 3 nitrogen and oxygen atoms in total. The Morgan fingerprint density at radius 1 is 1.31 bits per heavy atom. The van der Waals surface area contributed by atoms with E-state index in [0.29, 0.717) is 12.1 Å². The molecule has 1 N–H and O–H groups in total. The number of hydrogen-bond acceptors (Lipinski definition) is 3. The Morgan fingerprint density at radius 3 is 2.62 bits per heavy atom. The van der Waals surface area contributed by atoms with Gasteiger partial charge in [-0.3, -0.25) is 4.90 Å². The predicted octanol–water partition coefficient (Wildman–Crippen LogP) is 0.230. The first-order valence-electron chi connectivity index (χ1n) is 5.21. The highest BCUT2D eigenvalue weighted by Gasteiger charge is 2.21. The molecule has 3 heteroatoms. The van der Waals surface area contributed by atoms with Gasteiger partial charge in [0.2, 0.25) is 0 Å². The van der Waals surface area contributed by atoms with E-state index in [1.54, 1.807) is 0 Å². The van der Waals surface area contributed by atoms with Crippen LogP contribution in [0.1, 0.15) is 13.8 Å². The van der Waals surface area contributed by atoms with Gasteiger partial charge in [-0.05, 0) is 14.1 Å². The Bertz CT molecular complexity index is 147. The molecule has 0 aliphatic carbocycles. The van der Waals surface area contributed by atoms with E-state index < -0.39 is 0 Å². The zero-order chi connectivity index (χ0) is 9.84. The van der Waals surface area contributed by atoms with E-state index in [0.717, 1.165) is 6.54 Å². The van der Waals surface area contributed by atoms with Gasteiger partial charge in [-0.2, -0.15) is 0 Å². The number of hydrogen-bond donors (Lipinski definition) is 1. The van der Waals surface area contributed by atoms with Crippen LogP contribution in [0.2, 0.25) is 0 Å². The minimum Gasteiger partial charge on any atom is -0.313 e. The third-order valence-electron chi connectivity index (χ3n) is 2.74. The standard InChI is InChI=1S/C10H23N3/c1-9(2)11-7-10-8-12(3)5-6-13(10)4/h9-11H,5-8H2,1-4H3. The molecular formula is C10H23N3. The van der Waals surface area contributed by atoms with Crippen molar-refractivity contribution in [2.75, 3.05) is 40.3 Å². The summed E-state index contributed by atoms with van der Waals surface area (Å²) in [6.45, 7) is 9.10. The molecule has 1 rings (SSSR count). The minimum atomic E-state index is 0.598. The van der Waals surface area contributed by atoms with Crippen molar-refractivity contribution >= 4 is 0 Å². The van der Waals surface area contributed by atoms with E-state index >= 15 is 0 Å². The summed E-state index contributed by atoms with van der Waals surface area (Å²) < 4.78 is 0. The molecule has 0 saturated carbocycles. The smallest absolute Gasteiger partial charge is 0.0345 e. The van der Waals surface area contributed by atoms with Gasteiger partial charge < -0.3 is 10.2 Å². The normalized spacial score (nSPS) is 27.0. The van der Waals surface area contributed by atoms with Gasteiger partial charge in [0.05, 0.1) is 0 Å². The number of nitrogens with one attached hydrogen (secondary N) is 1. The van der Waals surface area contributed by atoms with Crippen molar-refractivity contribution in [1.82, 2.24) is 15.1 Å². The molecule has 0 amide bonds.